The van der Waals surface area contributed by atoms with Gasteiger partial charge in [0, 0.05) is 18.1 Å². The Labute approximate surface area is 143 Å². The molecule has 3 aromatic rings. The third kappa shape index (κ3) is 3.77. The Morgan fingerprint density at radius 1 is 1.21 bits per heavy atom. The van der Waals surface area contributed by atoms with Gasteiger partial charge in [-0.2, -0.15) is 0 Å². The first-order valence-corrected chi connectivity index (χ1v) is 9.96. The number of fused-ring (bicyclic) bond motifs is 1. The molecule has 0 aliphatic rings. The lowest BCUT2D eigenvalue weighted by molar-refractivity contribution is -0.113. The minimum Gasteiger partial charge on any atom is -0.325 e. The number of anilines is 1. The molecule has 0 aliphatic carbocycles. The van der Waals surface area contributed by atoms with Crippen LogP contribution in [0.25, 0.3) is 5.52 Å². The number of nitrogens with one attached hydrogen (secondary N) is 1. The smallest absolute Gasteiger partial charge is 0.234 e. The predicted molar refractivity (Wildman–Crippen MR) is 94.1 cm³/mol. The van der Waals surface area contributed by atoms with Gasteiger partial charge in [-0.25, -0.2) is 13.4 Å². The van der Waals surface area contributed by atoms with E-state index in [2.05, 4.69) is 10.3 Å². The van der Waals surface area contributed by atoms with Gasteiger partial charge in [0.2, 0.25) is 5.91 Å². The topological polar surface area (TPSA) is 80.5 Å². The summed E-state index contributed by atoms with van der Waals surface area (Å²) >= 11 is 1.34. The van der Waals surface area contributed by atoms with Crippen LogP contribution in [0, 0.1) is 0 Å². The van der Waals surface area contributed by atoms with Gasteiger partial charge in [0.25, 0.3) is 0 Å². The Balaban J connectivity index is 1.62. The Kier molecular flexibility index (Phi) is 4.59. The quantitative estimate of drug-likeness (QED) is 0.706. The summed E-state index contributed by atoms with van der Waals surface area (Å²) in [6, 6.07) is 11.9. The predicted octanol–water partition coefficient (Wildman–Crippen LogP) is 2.47. The molecule has 6 nitrogen and oxygen atoms in total. The minimum absolute atomic E-state index is 0.181. The maximum atomic E-state index is 12.0. The van der Waals surface area contributed by atoms with Gasteiger partial charge in [0.05, 0.1) is 22.4 Å². The molecule has 0 atom stereocenters. The highest BCUT2D eigenvalue weighted by molar-refractivity contribution is 7.99. The first-order chi connectivity index (χ1) is 11.4. The highest BCUT2D eigenvalue weighted by Gasteiger charge is 2.10. The summed E-state index contributed by atoms with van der Waals surface area (Å²) in [5, 5.41) is 3.48. The molecule has 1 amide bonds. The van der Waals surface area contributed by atoms with E-state index < -0.39 is 9.84 Å². The van der Waals surface area contributed by atoms with Gasteiger partial charge in [-0.1, -0.05) is 17.8 Å². The van der Waals surface area contributed by atoms with E-state index in [1.165, 1.54) is 23.9 Å². The van der Waals surface area contributed by atoms with E-state index in [-0.39, 0.29) is 16.6 Å². The van der Waals surface area contributed by atoms with Crippen LogP contribution in [0.3, 0.4) is 0 Å². The molecule has 0 saturated heterocycles. The SMILES string of the molecule is CS(=O)(=O)c1ccc(NC(=O)CSc2ncc3ccccn23)cc1. The second-order valence-corrected chi connectivity index (χ2v) is 8.13. The standard InChI is InChI=1S/C16H15N3O3S2/c1-24(21,22)14-7-5-12(6-8-14)18-15(20)11-23-16-17-10-13-4-2-3-9-19(13)16/h2-10H,11H2,1H3,(H,18,20). The number of sulfone groups is 1. The third-order valence-corrected chi connectivity index (χ3v) is 5.40. The molecule has 124 valence electrons. The number of pyridine rings is 1. The Morgan fingerprint density at radius 3 is 2.67 bits per heavy atom. The summed E-state index contributed by atoms with van der Waals surface area (Å²) in [4.78, 5) is 16.6. The molecule has 2 aromatic heterocycles. The molecular weight excluding hydrogens is 346 g/mol. The average Bonchev–Trinajstić information content (AvgIpc) is 2.96. The number of benzene rings is 1. The normalized spacial score (nSPS) is 11.5. The lowest BCUT2D eigenvalue weighted by Crippen LogP contribution is -2.14. The molecular formula is C16H15N3O3S2. The number of amides is 1. The van der Waals surface area contributed by atoms with Crippen LogP contribution in [-0.2, 0) is 14.6 Å². The molecule has 0 saturated carbocycles. The van der Waals surface area contributed by atoms with Crippen molar-refractivity contribution in [2.24, 2.45) is 0 Å². The van der Waals surface area contributed by atoms with E-state index >= 15 is 0 Å². The molecule has 0 radical (unpaired) electrons. The van der Waals surface area contributed by atoms with Crippen molar-refractivity contribution in [3.8, 4) is 0 Å². The average molecular weight is 361 g/mol. The van der Waals surface area contributed by atoms with Crippen molar-refractivity contribution in [3.63, 3.8) is 0 Å². The maximum Gasteiger partial charge on any atom is 0.234 e. The summed E-state index contributed by atoms with van der Waals surface area (Å²) in [5.41, 5.74) is 1.53. The zero-order chi connectivity index (χ0) is 17.2. The molecule has 0 fully saturated rings. The molecule has 2 heterocycles. The number of nitrogens with zero attached hydrogens (tertiary/aromatic N) is 2. The fourth-order valence-corrected chi connectivity index (χ4v) is 3.53. The second kappa shape index (κ2) is 6.66. The Morgan fingerprint density at radius 2 is 1.96 bits per heavy atom. The van der Waals surface area contributed by atoms with Crippen LogP contribution >= 0.6 is 11.8 Å². The van der Waals surface area contributed by atoms with Gasteiger partial charge in [-0.05, 0) is 36.4 Å². The van der Waals surface area contributed by atoms with Gasteiger partial charge in [-0.15, -0.1) is 0 Å². The third-order valence-electron chi connectivity index (χ3n) is 3.30. The molecule has 8 heteroatoms. The van der Waals surface area contributed by atoms with E-state index in [4.69, 9.17) is 0 Å². The number of hydrogen-bond donors (Lipinski definition) is 1. The monoisotopic (exact) mass is 361 g/mol. The van der Waals surface area contributed by atoms with Crippen LogP contribution in [0.4, 0.5) is 5.69 Å². The summed E-state index contributed by atoms with van der Waals surface area (Å²) in [6.45, 7) is 0. The van der Waals surface area contributed by atoms with Gasteiger partial charge in [0.1, 0.15) is 0 Å². The maximum absolute atomic E-state index is 12.0. The van der Waals surface area contributed by atoms with Crippen LogP contribution in [0.15, 0.2) is 64.9 Å². The molecule has 1 N–H and O–H groups in total. The lowest BCUT2D eigenvalue weighted by Gasteiger charge is -2.06. The van der Waals surface area contributed by atoms with Gasteiger partial charge >= 0.3 is 0 Å². The number of hydrogen-bond acceptors (Lipinski definition) is 5. The van der Waals surface area contributed by atoms with Gasteiger partial charge in [0.15, 0.2) is 15.0 Å². The van der Waals surface area contributed by atoms with Crippen LogP contribution in [0.5, 0.6) is 0 Å². The summed E-state index contributed by atoms with van der Waals surface area (Å²) in [7, 11) is -3.24. The van der Waals surface area contributed by atoms with Gasteiger partial charge in [-0.3, -0.25) is 9.20 Å². The van der Waals surface area contributed by atoms with Crippen molar-refractivity contribution >= 4 is 38.7 Å². The zero-order valence-corrected chi connectivity index (χ0v) is 14.5. The molecule has 0 bridgehead atoms. The van der Waals surface area contributed by atoms with Crippen LogP contribution in [0.1, 0.15) is 0 Å². The molecule has 0 aliphatic heterocycles. The number of carbonyl (C=O) groups excluding carboxylic acids is 1. The number of imidazole rings is 1. The van der Waals surface area contributed by atoms with Crippen molar-refractivity contribution in [1.29, 1.82) is 0 Å². The van der Waals surface area contributed by atoms with Gasteiger partial charge < -0.3 is 5.32 Å². The largest absolute Gasteiger partial charge is 0.325 e. The number of aromatic nitrogens is 2. The fourth-order valence-electron chi connectivity index (χ4n) is 2.14. The van der Waals surface area contributed by atoms with Crippen molar-refractivity contribution < 1.29 is 13.2 Å². The van der Waals surface area contributed by atoms with E-state index in [0.29, 0.717) is 5.69 Å². The van der Waals surface area contributed by atoms with Crippen LogP contribution < -0.4 is 5.32 Å². The summed E-state index contributed by atoms with van der Waals surface area (Å²) in [5.74, 6) is 0.0294. The first kappa shape index (κ1) is 16.5. The highest BCUT2D eigenvalue weighted by atomic mass is 32.2. The molecule has 0 spiro atoms. The van der Waals surface area contributed by atoms with Crippen LogP contribution in [0.2, 0.25) is 0 Å². The molecule has 0 unspecified atom stereocenters. The van der Waals surface area contributed by atoms with Crippen molar-refractivity contribution in [2.45, 2.75) is 10.1 Å². The molecule has 3 rings (SSSR count). The number of carbonyl (C=O) groups is 1. The van der Waals surface area contributed by atoms with E-state index in [0.717, 1.165) is 16.9 Å². The first-order valence-electron chi connectivity index (χ1n) is 7.08. The number of thioether (sulfide) groups is 1. The van der Waals surface area contributed by atoms with E-state index in [1.807, 2.05) is 28.8 Å². The highest BCUT2D eigenvalue weighted by Crippen LogP contribution is 2.19. The lowest BCUT2D eigenvalue weighted by atomic mass is 10.3. The second-order valence-electron chi connectivity index (χ2n) is 5.17. The molecule has 1 aromatic carbocycles. The summed E-state index contributed by atoms with van der Waals surface area (Å²) in [6.07, 6.45) is 4.79. The fraction of sp³-hybridized carbons (Fsp3) is 0.125. The zero-order valence-electron chi connectivity index (χ0n) is 12.8. The van der Waals surface area contributed by atoms with Crippen LogP contribution in [-0.4, -0.2) is 35.7 Å². The Hall–Kier alpha value is -2.32. The summed E-state index contributed by atoms with van der Waals surface area (Å²) < 4.78 is 24.7. The van der Waals surface area contributed by atoms with Crippen molar-refractivity contribution in [2.75, 3.05) is 17.3 Å². The van der Waals surface area contributed by atoms with E-state index in [9.17, 15) is 13.2 Å². The van der Waals surface area contributed by atoms with Crippen molar-refractivity contribution in [1.82, 2.24) is 9.38 Å². The van der Waals surface area contributed by atoms with Crippen molar-refractivity contribution in [3.05, 3.63) is 54.9 Å². The Bertz CT molecular complexity index is 979. The van der Waals surface area contributed by atoms with E-state index in [1.54, 1.807) is 18.3 Å². The number of rotatable bonds is 5. The minimum atomic E-state index is -3.24. The molecule has 24 heavy (non-hydrogen) atoms.